The van der Waals surface area contributed by atoms with E-state index in [1.54, 1.807) is 6.08 Å². The van der Waals surface area contributed by atoms with Crippen LogP contribution in [-0.4, -0.2) is 46.5 Å². The van der Waals surface area contributed by atoms with E-state index < -0.39 is 0 Å². The van der Waals surface area contributed by atoms with E-state index in [-0.39, 0.29) is 35.0 Å². The lowest BCUT2D eigenvalue weighted by Crippen LogP contribution is -2.56. The summed E-state index contributed by atoms with van der Waals surface area (Å²) in [4.78, 5) is 36.7. The maximum Gasteiger partial charge on any atom is 0.315 e. The van der Waals surface area contributed by atoms with E-state index in [9.17, 15) is 14.4 Å². The zero-order valence-electron chi connectivity index (χ0n) is 11.3. The van der Waals surface area contributed by atoms with Crippen molar-refractivity contribution >= 4 is 28.9 Å². The summed E-state index contributed by atoms with van der Waals surface area (Å²) in [6, 6.07) is -0.665. The lowest BCUT2D eigenvalue weighted by atomic mass is 9.89. The molecule has 1 saturated carbocycles. The van der Waals surface area contributed by atoms with Crippen LogP contribution in [0.5, 0.6) is 0 Å². The van der Waals surface area contributed by atoms with Crippen LogP contribution < -0.4 is 10.6 Å². The van der Waals surface area contributed by atoms with Gasteiger partial charge in [-0.15, -0.1) is 6.58 Å². The largest absolute Gasteiger partial charge is 0.335 e. The first-order valence-corrected chi connectivity index (χ1v) is 7.76. The van der Waals surface area contributed by atoms with Gasteiger partial charge in [0.15, 0.2) is 0 Å². The Hall–Kier alpha value is -1.50. The molecular weight excluding hydrogens is 278 g/mol. The van der Waals surface area contributed by atoms with E-state index in [1.165, 1.54) is 4.90 Å². The van der Waals surface area contributed by atoms with Crippen LogP contribution in [0.1, 0.15) is 25.7 Å². The molecule has 0 aromatic rings. The summed E-state index contributed by atoms with van der Waals surface area (Å²) in [6.45, 7) is 3.92. The molecule has 0 radical (unpaired) electrons. The lowest BCUT2D eigenvalue weighted by molar-refractivity contribution is -0.127. The van der Waals surface area contributed by atoms with Crippen LogP contribution in [0, 0.1) is 0 Å². The smallest absolute Gasteiger partial charge is 0.315 e. The highest BCUT2D eigenvalue weighted by molar-refractivity contribution is 8.14. The van der Waals surface area contributed by atoms with Crippen molar-refractivity contribution in [2.75, 3.05) is 12.3 Å². The Balaban J connectivity index is 2.01. The third-order valence-corrected chi connectivity index (χ3v) is 4.40. The highest BCUT2D eigenvalue weighted by Crippen LogP contribution is 2.29. The molecule has 2 aliphatic rings. The molecule has 2 rings (SSSR count). The Bertz CT molecular complexity index is 411. The van der Waals surface area contributed by atoms with Gasteiger partial charge in [-0.05, 0) is 12.8 Å². The second-order valence-electron chi connectivity index (χ2n) is 4.92. The van der Waals surface area contributed by atoms with Gasteiger partial charge in [-0.1, -0.05) is 30.7 Å². The Morgan fingerprint density at radius 2 is 2.15 bits per heavy atom. The third-order valence-electron chi connectivity index (χ3n) is 3.57. The molecular formula is C13H19N3O3S. The number of carbonyl (C=O) groups excluding carboxylic acids is 3. The van der Waals surface area contributed by atoms with E-state index in [4.69, 9.17) is 0 Å². The fourth-order valence-corrected chi connectivity index (χ4v) is 3.42. The van der Waals surface area contributed by atoms with E-state index >= 15 is 0 Å². The number of amides is 4. The second-order valence-corrected chi connectivity index (χ2v) is 5.85. The molecule has 1 heterocycles. The van der Waals surface area contributed by atoms with Crippen molar-refractivity contribution in [1.82, 2.24) is 15.5 Å². The number of imide groups is 1. The van der Waals surface area contributed by atoms with Gasteiger partial charge >= 0.3 is 6.03 Å². The molecule has 1 aliphatic carbocycles. The number of hydrogen-bond donors (Lipinski definition) is 2. The van der Waals surface area contributed by atoms with Crippen LogP contribution in [0.15, 0.2) is 12.7 Å². The minimum atomic E-state index is -0.284. The van der Waals surface area contributed by atoms with Crippen LogP contribution >= 0.6 is 11.8 Å². The number of rotatable bonds is 4. The Labute approximate surface area is 122 Å². The quantitative estimate of drug-likeness (QED) is 0.770. The van der Waals surface area contributed by atoms with Crippen molar-refractivity contribution in [2.45, 2.75) is 37.8 Å². The number of nitrogens with one attached hydrogen (secondary N) is 2. The van der Waals surface area contributed by atoms with Crippen LogP contribution in [0.2, 0.25) is 0 Å². The van der Waals surface area contributed by atoms with E-state index in [0.717, 1.165) is 37.4 Å². The Morgan fingerprint density at radius 1 is 1.40 bits per heavy atom. The third kappa shape index (κ3) is 3.33. The molecule has 4 amide bonds. The fraction of sp³-hybridized carbons (Fsp3) is 0.615. The van der Waals surface area contributed by atoms with E-state index in [0.29, 0.717) is 6.54 Å². The first-order valence-electron chi connectivity index (χ1n) is 6.77. The molecule has 20 heavy (non-hydrogen) atoms. The van der Waals surface area contributed by atoms with Gasteiger partial charge in [-0.2, -0.15) is 0 Å². The molecule has 2 unspecified atom stereocenters. The molecule has 1 aliphatic heterocycles. The van der Waals surface area contributed by atoms with Gasteiger partial charge in [0.2, 0.25) is 5.91 Å². The fourth-order valence-electron chi connectivity index (χ4n) is 2.66. The van der Waals surface area contributed by atoms with Crippen molar-refractivity contribution in [1.29, 1.82) is 0 Å². The molecule has 0 bridgehead atoms. The second kappa shape index (κ2) is 6.78. The predicted octanol–water partition coefficient (Wildman–Crippen LogP) is 1.48. The average molecular weight is 297 g/mol. The highest BCUT2D eigenvalue weighted by Gasteiger charge is 2.41. The van der Waals surface area contributed by atoms with Crippen molar-refractivity contribution in [3.8, 4) is 0 Å². The summed E-state index contributed by atoms with van der Waals surface area (Å²) < 4.78 is 0. The summed E-state index contributed by atoms with van der Waals surface area (Å²) in [5.41, 5.74) is 0. The molecule has 0 spiro atoms. The molecule has 1 saturated heterocycles. The molecule has 0 aromatic heterocycles. The topological polar surface area (TPSA) is 78.5 Å². The Kier molecular flexibility index (Phi) is 5.05. The lowest BCUT2D eigenvalue weighted by Gasteiger charge is -2.36. The van der Waals surface area contributed by atoms with Gasteiger partial charge in [0, 0.05) is 6.54 Å². The summed E-state index contributed by atoms with van der Waals surface area (Å²) in [5.74, 6) is 0.0650. The summed E-state index contributed by atoms with van der Waals surface area (Å²) in [5, 5.41) is 5.33. The van der Waals surface area contributed by atoms with Gasteiger partial charge in [-0.3, -0.25) is 14.5 Å². The summed E-state index contributed by atoms with van der Waals surface area (Å²) >= 11 is 1.04. The maximum absolute atomic E-state index is 11.8. The van der Waals surface area contributed by atoms with Gasteiger partial charge in [-0.25, -0.2) is 4.79 Å². The van der Waals surface area contributed by atoms with Crippen LogP contribution in [0.25, 0.3) is 0 Å². The van der Waals surface area contributed by atoms with Crippen LogP contribution in [0.4, 0.5) is 9.59 Å². The monoisotopic (exact) mass is 297 g/mol. The standard InChI is InChI=1S/C13H19N3O3S/c1-2-7-14-12(18)15-9-5-3-4-6-10(9)16-11(17)8-20-13(16)19/h2,9-10H,1,3-8H2,(H2,14,15,18). The molecule has 0 aromatic carbocycles. The molecule has 110 valence electrons. The zero-order valence-corrected chi connectivity index (χ0v) is 12.1. The van der Waals surface area contributed by atoms with Crippen molar-refractivity contribution in [3.05, 3.63) is 12.7 Å². The molecule has 6 nitrogen and oxygen atoms in total. The minimum absolute atomic E-state index is 0.148. The first kappa shape index (κ1) is 14.9. The zero-order chi connectivity index (χ0) is 14.5. The normalized spacial score (nSPS) is 26.5. The molecule has 2 fully saturated rings. The molecule has 2 N–H and O–H groups in total. The number of thioether (sulfide) groups is 1. The van der Waals surface area contributed by atoms with Gasteiger partial charge < -0.3 is 10.6 Å². The van der Waals surface area contributed by atoms with E-state index in [1.807, 2.05) is 0 Å². The van der Waals surface area contributed by atoms with E-state index in [2.05, 4.69) is 17.2 Å². The van der Waals surface area contributed by atoms with Crippen LogP contribution in [-0.2, 0) is 4.79 Å². The van der Waals surface area contributed by atoms with Crippen LogP contribution in [0.3, 0.4) is 0 Å². The summed E-state index contributed by atoms with van der Waals surface area (Å²) in [6.07, 6.45) is 5.10. The van der Waals surface area contributed by atoms with Gasteiger partial charge in [0.1, 0.15) is 0 Å². The van der Waals surface area contributed by atoms with Crippen molar-refractivity contribution in [3.63, 3.8) is 0 Å². The minimum Gasteiger partial charge on any atom is -0.335 e. The first-order chi connectivity index (χ1) is 9.63. The molecule has 7 heteroatoms. The Morgan fingerprint density at radius 3 is 2.80 bits per heavy atom. The summed E-state index contributed by atoms with van der Waals surface area (Å²) in [7, 11) is 0. The number of hydrogen-bond acceptors (Lipinski definition) is 4. The number of carbonyl (C=O) groups is 3. The SMILES string of the molecule is C=CCNC(=O)NC1CCCCC1N1C(=O)CSC1=O. The van der Waals surface area contributed by atoms with Gasteiger partial charge in [0.05, 0.1) is 17.8 Å². The van der Waals surface area contributed by atoms with Gasteiger partial charge in [0.25, 0.3) is 5.24 Å². The average Bonchev–Trinajstić information content (AvgIpc) is 2.77. The molecule has 2 atom stereocenters. The maximum atomic E-state index is 11.8. The highest BCUT2D eigenvalue weighted by atomic mass is 32.2. The van der Waals surface area contributed by atoms with Crippen molar-refractivity contribution in [2.24, 2.45) is 0 Å². The number of nitrogens with zero attached hydrogens (tertiary/aromatic N) is 1. The number of urea groups is 1. The predicted molar refractivity (Wildman–Crippen MR) is 77.5 cm³/mol. The van der Waals surface area contributed by atoms with Crippen molar-refractivity contribution < 1.29 is 14.4 Å².